The Morgan fingerprint density at radius 3 is 2.44 bits per heavy atom. The Morgan fingerprint density at radius 2 is 1.89 bits per heavy atom. The van der Waals surface area contributed by atoms with E-state index in [4.69, 9.17) is 0 Å². The molecule has 1 unspecified atom stereocenters. The molecule has 0 radical (unpaired) electrons. The molecule has 0 spiro atoms. The summed E-state index contributed by atoms with van der Waals surface area (Å²) in [6.45, 7) is 3.61. The van der Waals surface area contributed by atoms with Gasteiger partial charge in [-0.1, -0.05) is 25.1 Å². The average Bonchev–Trinajstić information content (AvgIpc) is 3.15. The van der Waals surface area contributed by atoms with Gasteiger partial charge in [-0.05, 0) is 41.5 Å². The molecule has 8 heteroatoms. The average molecular weight is 409 g/mol. The van der Waals surface area contributed by atoms with Gasteiger partial charge in [0.05, 0.1) is 4.90 Å². The monoisotopic (exact) mass is 408 g/mol. The van der Waals surface area contributed by atoms with E-state index in [9.17, 15) is 8.42 Å². The third-order valence-corrected chi connectivity index (χ3v) is 6.86. The van der Waals surface area contributed by atoms with Crippen molar-refractivity contribution in [3.05, 3.63) is 52.2 Å². The van der Waals surface area contributed by atoms with E-state index in [2.05, 4.69) is 40.1 Å². The lowest BCUT2D eigenvalue weighted by Gasteiger charge is -2.16. The maximum Gasteiger partial charge on any atom is 0.242 e. The molecule has 1 aromatic carbocycles. The normalized spacial score (nSPS) is 13.6. The summed E-state index contributed by atoms with van der Waals surface area (Å²) in [6, 6.07) is 11.1. The van der Waals surface area contributed by atoms with Crippen LogP contribution in [0.25, 0.3) is 0 Å². The molecule has 6 nitrogen and oxygen atoms in total. The van der Waals surface area contributed by atoms with Crippen molar-refractivity contribution < 1.29 is 8.42 Å². The van der Waals surface area contributed by atoms with Gasteiger partial charge in [0, 0.05) is 39.1 Å². The lowest BCUT2D eigenvalue weighted by molar-refractivity contribution is 0.520. The van der Waals surface area contributed by atoms with Crippen LogP contribution in [-0.2, 0) is 23.0 Å². The molecule has 0 bridgehead atoms. The zero-order valence-electron chi connectivity index (χ0n) is 16.3. The predicted molar refractivity (Wildman–Crippen MR) is 113 cm³/mol. The molecule has 2 rings (SSSR count). The highest BCUT2D eigenvalue weighted by atomic mass is 32.2. The van der Waals surface area contributed by atoms with Crippen LogP contribution in [0, 0.1) is 5.92 Å². The highest BCUT2D eigenvalue weighted by molar-refractivity contribution is 7.89. The maximum absolute atomic E-state index is 12.1. The van der Waals surface area contributed by atoms with Gasteiger partial charge in [0.1, 0.15) is 0 Å². The first-order chi connectivity index (χ1) is 12.8. The van der Waals surface area contributed by atoms with E-state index in [-0.39, 0.29) is 0 Å². The third kappa shape index (κ3) is 6.34. The number of aliphatic imine (C=N–C) groups is 1. The molecule has 148 valence electrons. The van der Waals surface area contributed by atoms with Crippen LogP contribution in [0.4, 0.5) is 0 Å². The highest BCUT2D eigenvalue weighted by Crippen LogP contribution is 2.15. The Kier molecular flexibility index (Phi) is 7.82. The summed E-state index contributed by atoms with van der Waals surface area (Å²) in [6.07, 6.45) is 1.05. The SMILES string of the molecule is CN=C(NCc1ccc(S(=O)(=O)N(C)C)cc1)NCC(C)Cc1cccs1. The molecule has 2 aromatic rings. The molecular weight excluding hydrogens is 380 g/mol. The van der Waals surface area contributed by atoms with Crippen molar-refractivity contribution in [2.24, 2.45) is 10.9 Å². The fourth-order valence-corrected chi connectivity index (χ4v) is 4.28. The smallest absolute Gasteiger partial charge is 0.242 e. The van der Waals surface area contributed by atoms with Gasteiger partial charge in [0.25, 0.3) is 0 Å². The second kappa shape index (κ2) is 9.87. The van der Waals surface area contributed by atoms with Crippen molar-refractivity contribution >= 4 is 27.3 Å². The summed E-state index contributed by atoms with van der Waals surface area (Å²) in [4.78, 5) is 5.93. The van der Waals surface area contributed by atoms with Gasteiger partial charge in [-0.3, -0.25) is 4.99 Å². The van der Waals surface area contributed by atoms with Crippen molar-refractivity contribution in [1.82, 2.24) is 14.9 Å². The van der Waals surface area contributed by atoms with Crippen LogP contribution in [0.3, 0.4) is 0 Å². The number of sulfonamides is 1. The first kappa shape index (κ1) is 21.4. The summed E-state index contributed by atoms with van der Waals surface area (Å²) in [7, 11) is 1.41. The zero-order chi connectivity index (χ0) is 19.9. The number of rotatable bonds is 8. The molecule has 1 heterocycles. The molecule has 0 aliphatic heterocycles. The largest absolute Gasteiger partial charge is 0.356 e. The molecule has 0 aliphatic carbocycles. The Bertz CT molecular complexity index is 829. The minimum absolute atomic E-state index is 0.293. The first-order valence-electron chi connectivity index (χ1n) is 8.81. The number of hydrogen-bond acceptors (Lipinski definition) is 4. The van der Waals surface area contributed by atoms with Crippen LogP contribution in [0.15, 0.2) is 51.7 Å². The van der Waals surface area contributed by atoms with Crippen LogP contribution in [0.1, 0.15) is 17.4 Å². The van der Waals surface area contributed by atoms with Crippen molar-refractivity contribution in [2.45, 2.75) is 24.8 Å². The van der Waals surface area contributed by atoms with Crippen LogP contribution in [-0.4, -0.2) is 46.4 Å². The summed E-state index contributed by atoms with van der Waals surface area (Å²) in [5, 5.41) is 8.71. The van der Waals surface area contributed by atoms with E-state index in [1.165, 1.54) is 23.3 Å². The van der Waals surface area contributed by atoms with E-state index < -0.39 is 10.0 Å². The quantitative estimate of drug-likeness (QED) is 0.520. The van der Waals surface area contributed by atoms with Gasteiger partial charge in [0.2, 0.25) is 10.0 Å². The third-order valence-electron chi connectivity index (χ3n) is 4.13. The first-order valence-corrected chi connectivity index (χ1v) is 11.1. The number of nitrogens with one attached hydrogen (secondary N) is 2. The lowest BCUT2D eigenvalue weighted by atomic mass is 10.1. The molecule has 0 fully saturated rings. The van der Waals surface area contributed by atoms with Crippen LogP contribution in [0.5, 0.6) is 0 Å². The minimum Gasteiger partial charge on any atom is -0.356 e. The molecule has 1 atom stereocenters. The van der Waals surface area contributed by atoms with E-state index in [1.807, 2.05) is 12.1 Å². The Hall–Kier alpha value is -1.90. The Labute approximate surface area is 166 Å². The predicted octanol–water partition coefficient (Wildman–Crippen LogP) is 2.54. The summed E-state index contributed by atoms with van der Waals surface area (Å²) >= 11 is 1.78. The van der Waals surface area contributed by atoms with Gasteiger partial charge in [-0.15, -0.1) is 11.3 Å². The lowest BCUT2D eigenvalue weighted by Crippen LogP contribution is -2.39. The van der Waals surface area contributed by atoms with Crippen molar-refractivity contribution in [2.75, 3.05) is 27.7 Å². The number of thiophene rings is 1. The van der Waals surface area contributed by atoms with Gasteiger partial charge >= 0.3 is 0 Å². The summed E-state index contributed by atoms with van der Waals surface area (Å²) in [5.41, 5.74) is 0.988. The van der Waals surface area contributed by atoms with Crippen molar-refractivity contribution in [3.8, 4) is 0 Å². The van der Waals surface area contributed by atoms with Gasteiger partial charge in [0.15, 0.2) is 5.96 Å². The number of guanidine groups is 1. The number of hydrogen-bond donors (Lipinski definition) is 2. The number of benzene rings is 1. The van der Waals surface area contributed by atoms with Crippen LogP contribution in [0.2, 0.25) is 0 Å². The molecule has 1 aromatic heterocycles. The minimum atomic E-state index is -3.39. The fourth-order valence-electron chi connectivity index (χ4n) is 2.51. The topological polar surface area (TPSA) is 73.8 Å². The molecule has 0 amide bonds. The second-order valence-corrected chi connectivity index (χ2v) is 9.81. The van der Waals surface area contributed by atoms with E-state index in [0.717, 1.165) is 24.5 Å². The molecule has 0 saturated heterocycles. The Morgan fingerprint density at radius 1 is 1.19 bits per heavy atom. The molecule has 27 heavy (non-hydrogen) atoms. The van der Waals surface area contributed by atoms with E-state index in [1.54, 1.807) is 30.5 Å². The molecular formula is C19H28N4O2S2. The van der Waals surface area contributed by atoms with Crippen molar-refractivity contribution in [1.29, 1.82) is 0 Å². The summed E-state index contributed by atoms with van der Waals surface area (Å²) < 4.78 is 25.4. The van der Waals surface area contributed by atoms with Gasteiger partial charge in [-0.2, -0.15) is 0 Å². The van der Waals surface area contributed by atoms with Crippen LogP contribution >= 0.6 is 11.3 Å². The summed E-state index contributed by atoms with van der Waals surface area (Å²) in [5.74, 6) is 1.23. The fraction of sp³-hybridized carbons (Fsp3) is 0.421. The molecule has 2 N–H and O–H groups in total. The van der Waals surface area contributed by atoms with Crippen LogP contribution < -0.4 is 10.6 Å². The zero-order valence-corrected chi connectivity index (χ0v) is 17.9. The Balaban J connectivity index is 1.83. The standard InChI is InChI=1S/C19H28N4O2S2/c1-15(12-17-6-5-11-26-17)13-21-19(20-2)22-14-16-7-9-18(10-8-16)27(24,25)23(3)4/h5-11,15H,12-14H2,1-4H3,(H2,20,21,22). The maximum atomic E-state index is 12.1. The van der Waals surface area contributed by atoms with Crippen molar-refractivity contribution in [3.63, 3.8) is 0 Å². The number of nitrogens with zero attached hydrogens (tertiary/aromatic N) is 2. The van der Waals surface area contributed by atoms with E-state index in [0.29, 0.717) is 17.4 Å². The highest BCUT2D eigenvalue weighted by Gasteiger charge is 2.16. The van der Waals surface area contributed by atoms with Gasteiger partial charge in [-0.25, -0.2) is 12.7 Å². The second-order valence-electron chi connectivity index (χ2n) is 6.63. The van der Waals surface area contributed by atoms with Gasteiger partial charge < -0.3 is 10.6 Å². The molecule has 0 saturated carbocycles. The van der Waals surface area contributed by atoms with E-state index >= 15 is 0 Å². The molecule has 0 aliphatic rings.